The zero-order valence-electron chi connectivity index (χ0n) is 22.2. The number of methoxy groups -OCH3 is 2. The number of ether oxygens (including phenoxy) is 4. The molecule has 0 aromatic heterocycles. The second kappa shape index (κ2) is 14.1. The standard InChI is InChI=1S/C28H39NO9/c1-4-29-19(7-10-27(32)33)16-37-26-13-18(12-25(36-3)28(26)34)23-15-20(30)14-21(38-23)8-5-17-6-9-22(31)24(11-17)35-2/h6,9,11-13,19-21,23,29-31,34H,4-5,7-8,10,14-16H2,1-3H3,(H,32,33). The summed E-state index contributed by atoms with van der Waals surface area (Å²) in [6.45, 7) is 2.73. The Bertz CT molecular complexity index is 1060. The van der Waals surface area contributed by atoms with Gasteiger partial charge in [0.2, 0.25) is 5.75 Å². The fourth-order valence-corrected chi connectivity index (χ4v) is 4.67. The highest BCUT2D eigenvalue weighted by molar-refractivity contribution is 5.66. The number of hydrogen-bond donors (Lipinski definition) is 5. The molecule has 0 spiro atoms. The Morgan fingerprint density at radius 3 is 2.53 bits per heavy atom. The fourth-order valence-electron chi connectivity index (χ4n) is 4.67. The third kappa shape index (κ3) is 8.14. The Morgan fingerprint density at radius 1 is 1.11 bits per heavy atom. The van der Waals surface area contributed by atoms with Crippen molar-refractivity contribution in [3.05, 3.63) is 41.5 Å². The van der Waals surface area contributed by atoms with Gasteiger partial charge in [-0.25, -0.2) is 0 Å². The van der Waals surface area contributed by atoms with E-state index in [4.69, 9.17) is 24.1 Å². The lowest BCUT2D eigenvalue weighted by Gasteiger charge is -2.34. The molecule has 0 bridgehead atoms. The molecule has 210 valence electrons. The van der Waals surface area contributed by atoms with Crippen LogP contribution in [0.2, 0.25) is 0 Å². The number of aliphatic carboxylic acids is 1. The van der Waals surface area contributed by atoms with Crippen molar-refractivity contribution < 1.29 is 44.2 Å². The van der Waals surface area contributed by atoms with Crippen LogP contribution in [0.5, 0.6) is 28.7 Å². The number of rotatable bonds is 14. The molecular formula is C28H39NO9. The van der Waals surface area contributed by atoms with Gasteiger partial charge in [-0.05, 0) is 67.6 Å². The first-order valence-electron chi connectivity index (χ1n) is 12.9. The Morgan fingerprint density at radius 2 is 1.84 bits per heavy atom. The summed E-state index contributed by atoms with van der Waals surface area (Å²) in [6, 6.07) is 8.38. The van der Waals surface area contributed by atoms with Crippen LogP contribution in [0.1, 0.15) is 56.3 Å². The van der Waals surface area contributed by atoms with Crippen LogP contribution in [0.15, 0.2) is 30.3 Å². The number of carboxylic acid groups (broad SMARTS) is 1. The molecule has 4 atom stereocenters. The lowest BCUT2D eigenvalue weighted by Crippen LogP contribution is -2.35. The van der Waals surface area contributed by atoms with Gasteiger partial charge in [0.1, 0.15) is 6.61 Å². The van der Waals surface area contributed by atoms with Crippen molar-refractivity contribution >= 4 is 5.97 Å². The van der Waals surface area contributed by atoms with Crippen molar-refractivity contribution in [2.45, 2.75) is 69.8 Å². The molecule has 10 nitrogen and oxygen atoms in total. The van der Waals surface area contributed by atoms with E-state index < -0.39 is 18.2 Å². The van der Waals surface area contributed by atoms with E-state index in [0.717, 1.165) is 5.56 Å². The first-order chi connectivity index (χ1) is 18.2. The van der Waals surface area contributed by atoms with Gasteiger partial charge in [0.15, 0.2) is 23.0 Å². The summed E-state index contributed by atoms with van der Waals surface area (Å²) in [5, 5.41) is 43.3. The zero-order chi connectivity index (χ0) is 27.7. The van der Waals surface area contributed by atoms with Crippen LogP contribution in [0.25, 0.3) is 0 Å². The van der Waals surface area contributed by atoms with Crippen molar-refractivity contribution in [1.29, 1.82) is 0 Å². The van der Waals surface area contributed by atoms with E-state index in [-0.39, 0.29) is 48.2 Å². The van der Waals surface area contributed by atoms with Crippen molar-refractivity contribution in [2.24, 2.45) is 0 Å². The topological polar surface area (TPSA) is 147 Å². The molecule has 2 aromatic rings. The summed E-state index contributed by atoms with van der Waals surface area (Å²) in [4.78, 5) is 11.0. The van der Waals surface area contributed by atoms with Gasteiger partial charge in [-0.1, -0.05) is 13.0 Å². The van der Waals surface area contributed by atoms with E-state index >= 15 is 0 Å². The van der Waals surface area contributed by atoms with E-state index in [2.05, 4.69) is 5.32 Å². The summed E-state index contributed by atoms with van der Waals surface area (Å²) in [7, 11) is 2.95. The highest BCUT2D eigenvalue weighted by atomic mass is 16.5. The molecule has 0 aliphatic carbocycles. The summed E-state index contributed by atoms with van der Waals surface area (Å²) in [6.07, 6.45) is 1.40. The van der Waals surface area contributed by atoms with Crippen molar-refractivity contribution in [3.63, 3.8) is 0 Å². The highest BCUT2D eigenvalue weighted by Crippen LogP contribution is 2.42. The maximum atomic E-state index is 11.0. The molecule has 0 saturated carbocycles. The van der Waals surface area contributed by atoms with Gasteiger partial charge in [-0.3, -0.25) is 4.79 Å². The average molecular weight is 534 g/mol. The number of aryl methyl sites for hydroxylation is 1. The molecule has 5 N–H and O–H groups in total. The lowest BCUT2D eigenvalue weighted by molar-refractivity contribution is -0.137. The Kier molecular flexibility index (Phi) is 10.9. The van der Waals surface area contributed by atoms with E-state index in [9.17, 15) is 20.1 Å². The molecular weight excluding hydrogens is 494 g/mol. The summed E-state index contributed by atoms with van der Waals surface area (Å²) < 4.78 is 22.8. The summed E-state index contributed by atoms with van der Waals surface area (Å²) in [5.41, 5.74) is 1.69. The molecule has 4 unspecified atom stereocenters. The second-order valence-corrected chi connectivity index (χ2v) is 9.48. The normalized spacial score (nSPS) is 20.1. The lowest BCUT2D eigenvalue weighted by atomic mass is 9.93. The number of aromatic hydroxyl groups is 2. The van der Waals surface area contributed by atoms with Crippen LogP contribution in [-0.2, 0) is 16.0 Å². The molecule has 2 aromatic carbocycles. The van der Waals surface area contributed by atoms with Crippen LogP contribution in [-0.4, -0.2) is 72.0 Å². The van der Waals surface area contributed by atoms with Gasteiger partial charge < -0.3 is 44.7 Å². The molecule has 0 amide bonds. The average Bonchev–Trinajstić information content (AvgIpc) is 2.90. The molecule has 0 radical (unpaired) electrons. The van der Waals surface area contributed by atoms with Gasteiger partial charge >= 0.3 is 5.97 Å². The SMILES string of the molecule is CCNC(CCC(=O)O)COc1cc(C2CC(O)CC(CCc3ccc(O)c(OC)c3)O2)cc(OC)c1O. The summed E-state index contributed by atoms with van der Waals surface area (Å²) >= 11 is 0. The monoisotopic (exact) mass is 533 g/mol. The third-order valence-corrected chi connectivity index (χ3v) is 6.67. The Hall–Kier alpha value is -3.21. The van der Waals surface area contributed by atoms with Gasteiger partial charge in [0, 0.05) is 18.9 Å². The maximum absolute atomic E-state index is 11.0. The molecule has 1 fully saturated rings. The van der Waals surface area contributed by atoms with Crippen molar-refractivity contribution in [3.8, 4) is 28.7 Å². The number of phenolic OH excluding ortho intramolecular Hbond substituents is 2. The molecule has 10 heteroatoms. The molecule has 1 heterocycles. The van der Waals surface area contributed by atoms with Gasteiger partial charge in [-0.2, -0.15) is 0 Å². The van der Waals surface area contributed by atoms with E-state index in [1.165, 1.54) is 14.2 Å². The first-order valence-corrected chi connectivity index (χ1v) is 12.9. The quantitative estimate of drug-likeness (QED) is 0.244. The maximum Gasteiger partial charge on any atom is 0.303 e. The minimum absolute atomic E-state index is 0.00247. The van der Waals surface area contributed by atoms with Crippen LogP contribution in [0, 0.1) is 0 Å². The number of aliphatic hydroxyl groups excluding tert-OH is 1. The third-order valence-electron chi connectivity index (χ3n) is 6.67. The molecule has 38 heavy (non-hydrogen) atoms. The minimum atomic E-state index is -0.883. The highest BCUT2D eigenvalue weighted by Gasteiger charge is 2.31. The van der Waals surface area contributed by atoms with Crippen molar-refractivity contribution in [1.82, 2.24) is 5.32 Å². The van der Waals surface area contributed by atoms with Gasteiger partial charge in [0.05, 0.1) is 32.5 Å². The van der Waals surface area contributed by atoms with Crippen LogP contribution in [0.3, 0.4) is 0 Å². The predicted octanol–water partition coefficient (Wildman–Crippen LogP) is 3.55. The number of hydrogen-bond acceptors (Lipinski definition) is 9. The van der Waals surface area contributed by atoms with Crippen LogP contribution in [0.4, 0.5) is 0 Å². The number of aliphatic hydroxyl groups is 1. The number of benzene rings is 2. The van der Waals surface area contributed by atoms with Crippen LogP contribution < -0.4 is 19.5 Å². The first kappa shape index (κ1) is 29.3. The summed E-state index contributed by atoms with van der Waals surface area (Å²) in [5.74, 6) is -0.120. The van der Waals surface area contributed by atoms with E-state index in [1.54, 1.807) is 24.3 Å². The smallest absolute Gasteiger partial charge is 0.303 e. The van der Waals surface area contributed by atoms with Gasteiger partial charge in [-0.15, -0.1) is 0 Å². The number of carboxylic acids is 1. The number of phenols is 2. The number of likely N-dealkylation sites (N-methyl/N-ethyl adjacent to an activating group) is 1. The van der Waals surface area contributed by atoms with E-state index in [1.807, 2.05) is 13.0 Å². The van der Waals surface area contributed by atoms with Gasteiger partial charge in [0.25, 0.3) is 0 Å². The fraction of sp³-hybridized carbons (Fsp3) is 0.536. The Balaban J connectivity index is 1.72. The number of nitrogens with one attached hydrogen (secondary N) is 1. The minimum Gasteiger partial charge on any atom is -0.504 e. The molecule has 1 aliphatic heterocycles. The van der Waals surface area contributed by atoms with Crippen LogP contribution >= 0.6 is 0 Å². The number of carbonyl (C=O) groups is 1. The molecule has 3 rings (SSSR count). The van der Waals surface area contributed by atoms with E-state index in [0.29, 0.717) is 50.0 Å². The van der Waals surface area contributed by atoms with Crippen molar-refractivity contribution in [2.75, 3.05) is 27.4 Å². The second-order valence-electron chi connectivity index (χ2n) is 9.48. The molecule has 1 saturated heterocycles. The largest absolute Gasteiger partial charge is 0.504 e. The predicted molar refractivity (Wildman–Crippen MR) is 140 cm³/mol. The zero-order valence-corrected chi connectivity index (χ0v) is 22.2. The molecule has 1 aliphatic rings. The Labute approximate surface area is 223 Å².